The van der Waals surface area contributed by atoms with Crippen molar-refractivity contribution in [2.45, 2.75) is 47.0 Å². The summed E-state index contributed by atoms with van der Waals surface area (Å²) in [6.07, 6.45) is 0. The van der Waals surface area contributed by atoms with Gasteiger partial charge in [-0.1, -0.05) is 229 Å². The molecule has 5 aromatic heterocycles. The number of nitro benzene ring substituents is 1. The first kappa shape index (κ1) is 65.4. The van der Waals surface area contributed by atoms with Gasteiger partial charge in [-0.15, -0.1) is 0 Å². The minimum Gasteiger partial charge on any atom is -0.462 e. The number of nitro groups is 1. The van der Waals surface area contributed by atoms with Gasteiger partial charge in [0.15, 0.2) is 5.76 Å². The zero-order chi connectivity index (χ0) is 68.2. The quantitative estimate of drug-likeness (QED) is 0.0591. The number of non-ortho nitro benzene ring substituents is 1. The SMILES string of the molecule is CCOC(=O)c1ccc(-c2nn(Cc3ccccc3)c3ccccc23)cc1.Cc1ccc(-c2nn(-c3ccc([N+](=O)[O-])cc3)c3ccccc23)cc1.Cc1ccc(-c2nn(Cc3ccc(Cl)cc3)c3ccccc23)cc1.OCc1ccc(-c2nn(Cc3ccccc3)c3ccccc23)o1. The first-order valence-corrected chi connectivity index (χ1v) is 32.9. The fraction of sp³-hybridized carbons (Fsp3) is 0.0964. The second-order valence-electron chi connectivity index (χ2n) is 23.7. The molecule has 0 fully saturated rings. The summed E-state index contributed by atoms with van der Waals surface area (Å²) in [6.45, 7) is 8.36. The number of aromatic nitrogens is 8. The highest BCUT2D eigenvalue weighted by Gasteiger charge is 2.19. The highest BCUT2D eigenvalue weighted by atomic mass is 35.5. The number of benzene rings is 11. The van der Waals surface area contributed by atoms with Gasteiger partial charge in [0.2, 0.25) is 0 Å². The van der Waals surface area contributed by atoms with E-state index in [0.29, 0.717) is 36.8 Å². The third-order valence-corrected chi connectivity index (χ3v) is 17.1. The van der Waals surface area contributed by atoms with Gasteiger partial charge in [0.1, 0.15) is 35.1 Å². The Hall–Kier alpha value is -12.3. The first-order valence-electron chi connectivity index (χ1n) is 32.5. The van der Waals surface area contributed by atoms with E-state index in [1.165, 1.54) is 45.3 Å². The van der Waals surface area contributed by atoms with E-state index in [9.17, 15) is 20.0 Å². The number of aryl methyl sites for hydroxylation is 2. The Morgan fingerprint density at radius 2 is 0.848 bits per heavy atom. The van der Waals surface area contributed by atoms with Gasteiger partial charge in [0, 0.05) is 55.4 Å². The maximum absolute atomic E-state index is 11.9. The van der Waals surface area contributed by atoms with Crippen molar-refractivity contribution in [2.24, 2.45) is 0 Å². The number of hydrogen-bond acceptors (Lipinski definition) is 10. The Balaban J connectivity index is 0.000000119. The molecule has 99 heavy (non-hydrogen) atoms. The van der Waals surface area contributed by atoms with Gasteiger partial charge in [-0.3, -0.25) is 24.2 Å². The zero-order valence-corrected chi connectivity index (χ0v) is 55.4. The van der Waals surface area contributed by atoms with Gasteiger partial charge >= 0.3 is 5.97 Å². The van der Waals surface area contributed by atoms with Gasteiger partial charge in [-0.05, 0) is 110 Å². The van der Waals surface area contributed by atoms with E-state index < -0.39 is 4.92 Å². The second-order valence-corrected chi connectivity index (χ2v) is 24.1. The van der Waals surface area contributed by atoms with Crippen molar-refractivity contribution < 1.29 is 24.0 Å². The smallest absolute Gasteiger partial charge is 0.338 e. The molecule has 5 heterocycles. The van der Waals surface area contributed by atoms with E-state index >= 15 is 0 Å². The summed E-state index contributed by atoms with van der Waals surface area (Å²) < 4.78 is 18.6. The number of carbonyl (C=O) groups excluding carboxylic acids is 1. The van der Waals surface area contributed by atoms with Crippen molar-refractivity contribution in [2.75, 3.05) is 6.61 Å². The van der Waals surface area contributed by atoms with Crippen LogP contribution in [0.15, 0.2) is 296 Å². The van der Waals surface area contributed by atoms with Crippen LogP contribution in [-0.2, 0) is 31.0 Å². The highest BCUT2D eigenvalue weighted by molar-refractivity contribution is 6.30. The summed E-state index contributed by atoms with van der Waals surface area (Å²) >= 11 is 5.98. The van der Waals surface area contributed by atoms with Crippen molar-refractivity contribution in [1.29, 1.82) is 0 Å². The first-order chi connectivity index (χ1) is 48.4. The normalized spacial score (nSPS) is 11.0. The number of para-hydroxylation sites is 4. The average molecular weight is 1320 g/mol. The molecule has 0 radical (unpaired) electrons. The lowest BCUT2D eigenvalue weighted by atomic mass is 10.1. The number of carbonyl (C=O) groups is 1. The molecule has 0 aliphatic heterocycles. The molecule has 16 aromatic rings. The highest BCUT2D eigenvalue weighted by Crippen LogP contribution is 2.34. The monoisotopic (exact) mass is 1320 g/mol. The van der Waals surface area contributed by atoms with Crippen LogP contribution in [0, 0.1) is 24.0 Å². The second kappa shape index (κ2) is 30.2. The van der Waals surface area contributed by atoms with E-state index in [2.05, 4.69) is 134 Å². The molecule has 1 N–H and O–H groups in total. The lowest BCUT2D eigenvalue weighted by Crippen LogP contribution is -2.04. The number of fused-ring (bicyclic) bond motifs is 4. The summed E-state index contributed by atoms with van der Waals surface area (Å²) in [4.78, 5) is 22.3. The summed E-state index contributed by atoms with van der Waals surface area (Å²) in [7, 11) is 0. The van der Waals surface area contributed by atoms with Crippen LogP contribution in [0.4, 0.5) is 5.69 Å². The van der Waals surface area contributed by atoms with Crippen LogP contribution in [0.3, 0.4) is 0 Å². The largest absolute Gasteiger partial charge is 0.462 e. The number of ether oxygens (including phenoxy) is 1. The number of hydrogen-bond donors (Lipinski definition) is 1. The Morgan fingerprint density at radius 3 is 1.29 bits per heavy atom. The van der Waals surface area contributed by atoms with Gasteiger partial charge in [0.25, 0.3) is 5.69 Å². The Labute approximate surface area is 576 Å². The van der Waals surface area contributed by atoms with E-state index in [-0.39, 0.29) is 18.3 Å². The van der Waals surface area contributed by atoms with Crippen molar-refractivity contribution in [3.63, 3.8) is 0 Å². The molecule has 0 amide bonds. The van der Waals surface area contributed by atoms with E-state index in [1.54, 1.807) is 37.3 Å². The number of aliphatic hydroxyl groups is 1. The number of rotatable bonds is 15. The number of nitrogens with zero attached hydrogens (tertiary/aromatic N) is 9. The Kier molecular flexibility index (Phi) is 19.9. The topological polar surface area (TPSA) is 174 Å². The third-order valence-electron chi connectivity index (χ3n) is 16.8. The van der Waals surface area contributed by atoms with Gasteiger partial charge < -0.3 is 14.3 Å². The van der Waals surface area contributed by atoms with E-state index in [1.807, 2.05) is 148 Å². The van der Waals surface area contributed by atoms with Crippen molar-refractivity contribution in [3.8, 4) is 50.9 Å². The maximum Gasteiger partial charge on any atom is 0.338 e. The summed E-state index contributed by atoms with van der Waals surface area (Å²) in [6, 6.07) is 95.4. The maximum atomic E-state index is 11.9. The van der Waals surface area contributed by atoms with Crippen LogP contribution in [0.5, 0.6) is 0 Å². The Bertz CT molecular complexity index is 5410. The molecule has 11 aromatic carbocycles. The van der Waals surface area contributed by atoms with Crippen LogP contribution in [0.1, 0.15) is 50.9 Å². The predicted molar refractivity (Wildman–Crippen MR) is 394 cm³/mol. The molecule has 0 aliphatic carbocycles. The van der Waals surface area contributed by atoms with Crippen molar-refractivity contribution in [3.05, 3.63) is 345 Å². The molecule has 0 saturated heterocycles. The molecular weight excluding hydrogens is 1250 g/mol. The lowest BCUT2D eigenvalue weighted by Gasteiger charge is -2.04. The number of aliphatic hydroxyl groups excluding tert-OH is 1. The number of furan rings is 1. The van der Waals surface area contributed by atoms with Crippen LogP contribution in [0.2, 0.25) is 5.02 Å². The summed E-state index contributed by atoms with van der Waals surface area (Å²) in [5.41, 5.74) is 18.5. The van der Waals surface area contributed by atoms with E-state index in [4.69, 9.17) is 41.1 Å². The van der Waals surface area contributed by atoms with Crippen molar-refractivity contribution >= 4 is 66.9 Å². The minimum atomic E-state index is -0.400. The zero-order valence-electron chi connectivity index (χ0n) is 54.6. The van der Waals surface area contributed by atoms with Gasteiger partial charge in [0.05, 0.1) is 64.5 Å². The molecule has 0 saturated carbocycles. The lowest BCUT2D eigenvalue weighted by molar-refractivity contribution is -0.384. The fourth-order valence-corrected chi connectivity index (χ4v) is 11.9. The molecule has 0 spiro atoms. The van der Waals surface area contributed by atoms with Crippen LogP contribution in [-0.4, -0.2) is 61.7 Å². The van der Waals surface area contributed by atoms with Gasteiger partial charge in [-0.25, -0.2) is 9.48 Å². The molecule has 0 atom stereocenters. The number of halogens is 1. The molecule has 0 bridgehead atoms. The van der Waals surface area contributed by atoms with E-state index in [0.717, 1.165) is 94.9 Å². The van der Waals surface area contributed by atoms with Crippen molar-refractivity contribution in [1.82, 2.24) is 39.1 Å². The van der Waals surface area contributed by atoms with Crippen LogP contribution in [0.25, 0.3) is 94.5 Å². The standard InChI is InChI=1S/C23H20N2O2.C21H17ClN2.C20H15N3O2.C19H16N2O2/c1-2-27-23(26)19-14-12-18(13-15-19)22-20-10-6-7-11-21(20)25(24-22)16-17-8-4-3-5-9-17;1-15-6-10-17(11-7-15)21-19-4-2-3-5-20(19)24(23-21)14-16-8-12-18(22)13-9-16;1-14-6-8-15(9-7-14)20-18-4-2-3-5-19(18)22(21-20)16-10-12-17(13-11-16)23(24)25;22-13-15-10-11-18(23-15)19-16-8-4-5-9-17(16)21(20-19)12-14-6-2-1-3-7-14/h3-15H,2,16H2,1H3;2-13H,14H2,1H3;2-13H,1H3;1-11,22H,12-13H2. The molecule has 15 nitrogen and oxygen atoms in total. The number of esters is 1. The third kappa shape index (κ3) is 15.1. The molecule has 16 rings (SSSR count). The fourth-order valence-electron chi connectivity index (χ4n) is 11.8. The summed E-state index contributed by atoms with van der Waals surface area (Å²) in [5, 5.41) is 44.4. The van der Waals surface area contributed by atoms with Crippen LogP contribution >= 0.6 is 11.6 Å². The molecule has 0 aliphatic rings. The molecule has 16 heteroatoms. The predicted octanol–water partition coefficient (Wildman–Crippen LogP) is 19.4. The molecule has 0 unspecified atom stereocenters. The average Bonchev–Trinajstić information content (AvgIpc) is 1.66. The van der Waals surface area contributed by atoms with Gasteiger partial charge in [-0.2, -0.15) is 20.4 Å². The Morgan fingerprint density at radius 1 is 0.455 bits per heavy atom. The molecular formula is C83H68ClN9O6. The summed E-state index contributed by atoms with van der Waals surface area (Å²) in [5.74, 6) is 0.919. The van der Waals surface area contributed by atoms with Crippen LogP contribution < -0.4 is 0 Å². The minimum absolute atomic E-state index is 0.0685. The molecule has 488 valence electrons.